The van der Waals surface area contributed by atoms with Crippen LogP contribution >= 0.6 is 0 Å². The first-order chi connectivity index (χ1) is 32.9. The van der Waals surface area contributed by atoms with Crippen LogP contribution in [0.5, 0.6) is 23.0 Å². The zero-order chi connectivity index (χ0) is 46.2. The molecule has 2 aromatic heterocycles. The number of nitrogens with zero attached hydrogens (tertiary/aromatic N) is 2. The predicted octanol–water partition coefficient (Wildman–Crippen LogP) is 13.0. The molecule has 0 saturated carbocycles. The van der Waals surface area contributed by atoms with Crippen LogP contribution in [0.2, 0.25) is 0 Å². The van der Waals surface area contributed by atoms with Crippen molar-refractivity contribution in [3.63, 3.8) is 0 Å². The van der Waals surface area contributed by atoms with Gasteiger partial charge in [-0.05, 0) is 99.6 Å². The highest BCUT2D eigenvalue weighted by atomic mass is 16.6. The third-order valence-electron chi connectivity index (χ3n) is 14.1. The quantitative estimate of drug-likeness (QED) is 0.162. The molecule has 0 amide bonds. The van der Waals surface area contributed by atoms with Crippen LogP contribution in [0.15, 0.2) is 142 Å². The van der Waals surface area contributed by atoms with E-state index in [-0.39, 0.29) is 10.8 Å². The standard InChI is InChI=1S/C59H51BN2O6/c1-34-26-45-53-46(27-34)62(44-33-52-50(64-23-25-66-52)31-40(44)36-16-12-9-13-17-36)55-42-29-38(59(5,6)7)19-21-48(42)68-57(55)60(53)56-54(41-28-37(58(2,3)4)18-20-47(41)67-56)61(45)43-32-51-49(63-22-24-65-51)30-39(43)35-14-10-8-11-15-35/h8-21,26-33H,22-25H2,1-7H3. The van der Waals surface area contributed by atoms with Gasteiger partial charge in [0.05, 0.1) is 22.7 Å². The van der Waals surface area contributed by atoms with E-state index in [0.717, 1.165) is 112 Å². The van der Waals surface area contributed by atoms with E-state index in [1.165, 1.54) is 11.1 Å². The summed E-state index contributed by atoms with van der Waals surface area (Å²) in [7, 11) is 0. The van der Waals surface area contributed by atoms with E-state index in [4.69, 9.17) is 27.8 Å². The van der Waals surface area contributed by atoms with Crippen LogP contribution in [0.3, 0.4) is 0 Å². The highest BCUT2D eigenvalue weighted by molar-refractivity contribution is 6.99. The molecule has 13 rings (SSSR count). The van der Waals surface area contributed by atoms with Crippen molar-refractivity contribution in [3.05, 3.63) is 150 Å². The summed E-state index contributed by atoms with van der Waals surface area (Å²) in [4.78, 5) is 4.87. The van der Waals surface area contributed by atoms with Crippen LogP contribution in [0.25, 0.3) is 44.2 Å². The van der Waals surface area contributed by atoms with Crippen molar-refractivity contribution < 1.29 is 27.8 Å². The molecule has 0 spiro atoms. The Morgan fingerprint density at radius 2 is 0.838 bits per heavy atom. The van der Waals surface area contributed by atoms with Gasteiger partial charge in [-0.25, -0.2) is 0 Å². The van der Waals surface area contributed by atoms with Gasteiger partial charge in [-0.15, -0.1) is 0 Å². The lowest BCUT2D eigenvalue weighted by atomic mass is 9.37. The smallest absolute Gasteiger partial charge is 0.342 e. The number of anilines is 6. The first-order valence-electron chi connectivity index (χ1n) is 23.8. The van der Waals surface area contributed by atoms with Crippen molar-refractivity contribution in [2.24, 2.45) is 0 Å². The summed E-state index contributed by atoms with van der Waals surface area (Å²) >= 11 is 0. The molecule has 0 atom stereocenters. The van der Waals surface area contributed by atoms with Gasteiger partial charge in [0.2, 0.25) is 0 Å². The van der Waals surface area contributed by atoms with Crippen molar-refractivity contribution in [3.8, 4) is 45.3 Å². The van der Waals surface area contributed by atoms with Crippen LogP contribution < -0.4 is 45.5 Å². The Balaban J connectivity index is 1.19. The topological polar surface area (TPSA) is 69.7 Å². The van der Waals surface area contributed by atoms with Crippen molar-refractivity contribution in [1.82, 2.24) is 0 Å². The minimum Gasteiger partial charge on any atom is -0.486 e. The Kier molecular flexibility index (Phi) is 8.83. The normalized spacial score (nSPS) is 14.8. The van der Waals surface area contributed by atoms with Crippen LogP contribution in [-0.2, 0) is 10.8 Å². The molecular weight excluding hydrogens is 843 g/mol. The molecule has 0 fully saturated rings. The van der Waals surface area contributed by atoms with Crippen molar-refractivity contribution >= 4 is 79.6 Å². The largest absolute Gasteiger partial charge is 0.486 e. The number of fused-ring (bicyclic) bond motifs is 10. The molecule has 336 valence electrons. The lowest BCUT2D eigenvalue weighted by Crippen LogP contribution is -2.60. The highest BCUT2D eigenvalue weighted by Crippen LogP contribution is 2.55. The van der Waals surface area contributed by atoms with Crippen LogP contribution in [-0.4, -0.2) is 33.1 Å². The molecule has 7 aromatic carbocycles. The van der Waals surface area contributed by atoms with E-state index >= 15 is 0 Å². The Morgan fingerprint density at radius 3 is 1.24 bits per heavy atom. The SMILES string of the molecule is Cc1cc2c3c(c1)N(c1cc4c(cc1-c1ccccc1)OCCO4)c1c(oc4ccc(C(C)(C)C)cc14)B3c1oc3ccc(C(C)(C)C)cc3c1N2c1cc2c(cc1-c1ccccc1)OCCO2. The van der Waals surface area contributed by atoms with Gasteiger partial charge in [-0.3, -0.25) is 0 Å². The second-order valence-electron chi connectivity index (χ2n) is 20.6. The van der Waals surface area contributed by atoms with Gasteiger partial charge in [0, 0.05) is 45.4 Å². The minimum atomic E-state index is -0.413. The van der Waals surface area contributed by atoms with Crippen LogP contribution in [0.4, 0.5) is 34.1 Å². The van der Waals surface area contributed by atoms with Gasteiger partial charge >= 0.3 is 6.71 Å². The van der Waals surface area contributed by atoms with E-state index < -0.39 is 6.71 Å². The Morgan fingerprint density at radius 1 is 0.441 bits per heavy atom. The number of furan rings is 2. The second kappa shape index (κ2) is 14.7. The third kappa shape index (κ3) is 6.20. The van der Waals surface area contributed by atoms with Crippen molar-refractivity contribution in [2.45, 2.75) is 59.3 Å². The number of hydrogen-bond acceptors (Lipinski definition) is 8. The van der Waals surface area contributed by atoms with E-state index in [1.807, 2.05) is 0 Å². The van der Waals surface area contributed by atoms with E-state index in [9.17, 15) is 0 Å². The summed E-state index contributed by atoms with van der Waals surface area (Å²) in [5.41, 5.74) is 17.7. The van der Waals surface area contributed by atoms with Crippen LogP contribution in [0.1, 0.15) is 58.2 Å². The zero-order valence-corrected chi connectivity index (χ0v) is 39.5. The van der Waals surface area contributed by atoms with Gasteiger partial charge in [-0.2, -0.15) is 0 Å². The number of hydrogen-bond donors (Lipinski definition) is 0. The fourth-order valence-corrected chi connectivity index (χ4v) is 10.8. The van der Waals surface area contributed by atoms with Gasteiger partial charge in [-0.1, -0.05) is 114 Å². The molecule has 4 aliphatic heterocycles. The van der Waals surface area contributed by atoms with Crippen molar-refractivity contribution in [2.75, 3.05) is 36.2 Å². The third-order valence-corrected chi connectivity index (χ3v) is 14.1. The number of aryl methyl sites for hydroxylation is 1. The number of rotatable bonds is 4. The molecule has 9 aromatic rings. The number of ether oxygens (including phenoxy) is 4. The Bertz CT molecular complexity index is 3300. The molecule has 9 heteroatoms. The maximum Gasteiger partial charge on any atom is 0.342 e. The first-order valence-corrected chi connectivity index (χ1v) is 23.8. The summed E-state index contributed by atoms with van der Waals surface area (Å²) in [5.74, 6) is 2.87. The molecule has 68 heavy (non-hydrogen) atoms. The number of benzene rings is 7. The van der Waals surface area contributed by atoms with E-state index in [0.29, 0.717) is 37.9 Å². The lowest BCUT2D eigenvalue weighted by Gasteiger charge is -2.42. The summed E-state index contributed by atoms with van der Waals surface area (Å²) in [6.45, 7) is 17.3. The van der Waals surface area contributed by atoms with Gasteiger partial charge < -0.3 is 37.6 Å². The maximum absolute atomic E-state index is 7.37. The summed E-state index contributed by atoms with van der Waals surface area (Å²) < 4.78 is 40.2. The monoisotopic (exact) mass is 894 g/mol. The predicted molar refractivity (Wildman–Crippen MR) is 275 cm³/mol. The highest BCUT2D eigenvalue weighted by Gasteiger charge is 2.51. The molecular formula is C59H51BN2O6. The molecule has 0 aliphatic carbocycles. The first kappa shape index (κ1) is 40.7. The fraction of sp³-hybridized carbons (Fsp3) is 0.220. The van der Waals surface area contributed by atoms with Gasteiger partial charge in [0.25, 0.3) is 0 Å². The average Bonchev–Trinajstić information content (AvgIpc) is 3.91. The average molecular weight is 895 g/mol. The molecule has 0 N–H and O–H groups in total. The summed E-state index contributed by atoms with van der Waals surface area (Å²) in [6.07, 6.45) is 0. The molecule has 6 heterocycles. The van der Waals surface area contributed by atoms with Gasteiger partial charge in [0.15, 0.2) is 23.0 Å². The maximum atomic E-state index is 7.37. The summed E-state index contributed by atoms with van der Waals surface area (Å²) in [6, 6.07) is 47.8. The lowest BCUT2D eigenvalue weighted by molar-refractivity contribution is 0.172. The van der Waals surface area contributed by atoms with E-state index in [1.54, 1.807) is 0 Å². The second-order valence-corrected chi connectivity index (χ2v) is 20.6. The van der Waals surface area contributed by atoms with Crippen LogP contribution in [0, 0.1) is 6.92 Å². The summed E-state index contributed by atoms with van der Waals surface area (Å²) in [5, 5.41) is 2.06. The molecule has 8 nitrogen and oxygen atoms in total. The Hall–Kier alpha value is -7.52. The zero-order valence-electron chi connectivity index (χ0n) is 39.5. The molecule has 0 saturated heterocycles. The Labute approximate surface area is 396 Å². The minimum absolute atomic E-state index is 0.117. The molecule has 0 radical (unpaired) electrons. The molecule has 0 bridgehead atoms. The van der Waals surface area contributed by atoms with E-state index in [2.05, 4.69) is 192 Å². The van der Waals surface area contributed by atoms with Crippen molar-refractivity contribution in [1.29, 1.82) is 0 Å². The molecule has 0 unspecified atom stereocenters. The van der Waals surface area contributed by atoms with Gasteiger partial charge in [0.1, 0.15) is 48.9 Å². The molecule has 4 aliphatic rings. The fourth-order valence-electron chi connectivity index (χ4n) is 10.8.